The maximum Gasteiger partial charge on any atom is 0.235 e. The molecule has 0 aliphatic heterocycles. The summed E-state index contributed by atoms with van der Waals surface area (Å²) in [4.78, 5) is 27.9. The van der Waals surface area contributed by atoms with Gasteiger partial charge in [0.2, 0.25) is 11.8 Å². The van der Waals surface area contributed by atoms with E-state index >= 15 is 0 Å². The van der Waals surface area contributed by atoms with Gasteiger partial charge in [-0.3, -0.25) is 14.5 Å². The Labute approximate surface area is 160 Å². The summed E-state index contributed by atoms with van der Waals surface area (Å²) in [6, 6.07) is 19.1. The van der Waals surface area contributed by atoms with Crippen molar-refractivity contribution in [2.75, 3.05) is 11.4 Å². The quantitative estimate of drug-likeness (QED) is 0.784. The molecule has 4 nitrogen and oxygen atoms in total. The van der Waals surface area contributed by atoms with Crippen LogP contribution in [-0.4, -0.2) is 18.4 Å². The molecule has 0 unspecified atom stereocenters. The van der Waals surface area contributed by atoms with E-state index in [1.54, 1.807) is 11.0 Å². The first-order valence-electron chi connectivity index (χ1n) is 9.20. The topological polar surface area (TPSA) is 49.4 Å². The molecule has 0 heterocycles. The number of carbonyl (C=O) groups is 2. The van der Waals surface area contributed by atoms with E-state index in [1.807, 2.05) is 72.8 Å². The highest BCUT2D eigenvalue weighted by Crippen LogP contribution is 2.33. The van der Waals surface area contributed by atoms with Crippen LogP contribution in [0.4, 0.5) is 11.4 Å². The summed E-state index contributed by atoms with van der Waals surface area (Å²) < 4.78 is 0. The van der Waals surface area contributed by atoms with E-state index in [0.717, 1.165) is 11.4 Å². The van der Waals surface area contributed by atoms with E-state index in [4.69, 9.17) is 0 Å². The Kier molecular flexibility index (Phi) is 6.21. The zero-order valence-electron chi connectivity index (χ0n) is 15.3. The second-order valence-corrected chi connectivity index (χ2v) is 6.53. The van der Waals surface area contributed by atoms with E-state index in [2.05, 4.69) is 11.9 Å². The molecule has 0 saturated carbocycles. The van der Waals surface area contributed by atoms with Gasteiger partial charge in [-0.15, -0.1) is 6.58 Å². The van der Waals surface area contributed by atoms with Crippen LogP contribution >= 0.6 is 0 Å². The molecule has 0 saturated heterocycles. The molecule has 2 aromatic carbocycles. The van der Waals surface area contributed by atoms with Crippen LogP contribution in [0.25, 0.3) is 0 Å². The minimum Gasteiger partial charge on any atom is -0.352 e. The minimum absolute atomic E-state index is 0.0597. The average Bonchev–Trinajstić information content (AvgIpc) is 2.73. The molecule has 1 N–H and O–H groups in total. The first kappa shape index (κ1) is 18.6. The largest absolute Gasteiger partial charge is 0.352 e. The average molecular weight is 360 g/mol. The van der Waals surface area contributed by atoms with Crippen LogP contribution in [-0.2, 0) is 9.59 Å². The predicted octanol–water partition coefficient (Wildman–Crippen LogP) is 4.24. The van der Waals surface area contributed by atoms with Gasteiger partial charge in [0.25, 0.3) is 0 Å². The monoisotopic (exact) mass is 360 g/mol. The van der Waals surface area contributed by atoms with Crippen LogP contribution in [0.15, 0.2) is 85.5 Å². The van der Waals surface area contributed by atoms with Gasteiger partial charge in [-0.25, -0.2) is 0 Å². The van der Waals surface area contributed by atoms with E-state index in [9.17, 15) is 9.59 Å². The summed E-state index contributed by atoms with van der Waals surface area (Å²) in [6.45, 7) is 4.04. The van der Waals surface area contributed by atoms with Crippen LogP contribution in [0, 0.1) is 11.8 Å². The van der Waals surface area contributed by atoms with Gasteiger partial charge in [-0.2, -0.15) is 0 Å². The van der Waals surface area contributed by atoms with E-state index < -0.39 is 5.92 Å². The number of nitrogens with zero attached hydrogens (tertiary/aromatic N) is 1. The highest BCUT2D eigenvalue weighted by Gasteiger charge is 2.37. The van der Waals surface area contributed by atoms with Gasteiger partial charge < -0.3 is 5.32 Å². The third-order valence-corrected chi connectivity index (χ3v) is 4.76. The summed E-state index contributed by atoms with van der Waals surface area (Å²) in [6.07, 6.45) is 6.75. The lowest BCUT2D eigenvalue weighted by atomic mass is 9.81. The lowest BCUT2D eigenvalue weighted by molar-refractivity contribution is -0.133. The second-order valence-electron chi connectivity index (χ2n) is 6.53. The molecule has 1 aliphatic rings. The molecule has 0 radical (unpaired) electrons. The van der Waals surface area contributed by atoms with Crippen LogP contribution in [0.3, 0.4) is 0 Å². The van der Waals surface area contributed by atoms with Crippen molar-refractivity contribution in [3.63, 3.8) is 0 Å². The fourth-order valence-corrected chi connectivity index (χ4v) is 3.40. The smallest absolute Gasteiger partial charge is 0.235 e. The van der Waals surface area contributed by atoms with Crippen LogP contribution in [0.5, 0.6) is 0 Å². The lowest BCUT2D eigenvalue weighted by Gasteiger charge is -2.32. The van der Waals surface area contributed by atoms with Crippen molar-refractivity contribution in [2.24, 2.45) is 11.8 Å². The molecule has 0 aromatic heterocycles. The van der Waals surface area contributed by atoms with Crippen molar-refractivity contribution >= 4 is 23.2 Å². The van der Waals surface area contributed by atoms with Gasteiger partial charge in [0.05, 0.1) is 11.8 Å². The molecule has 0 spiro atoms. The Morgan fingerprint density at radius 1 is 0.926 bits per heavy atom. The molecular weight excluding hydrogens is 336 g/mol. The first-order chi connectivity index (χ1) is 13.2. The molecule has 1 aliphatic carbocycles. The molecule has 4 heteroatoms. The molecular formula is C23H24N2O2. The summed E-state index contributed by atoms with van der Waals surface area (Å²) >= 11 is 0. The number of anilines is 2. The van der Waals surface area contributed by atoms with Crippen LogP contribution in [0.1, 0.15) is 12.8 Å². The maximum absolute atomic E-state index is 13.6. The Bertz CT molecular complexity index is 775. The highest BCUT2D eigenvalue weighted by atomic mass is 16.2. The number of para-hydroxylation sites is 2. The second kappa shape index (κ2) is 8.99. The first-order valence-corrected chi connectivity index (χ1v) is 9.20. The number of amides is 2. The van der Waals surface area contributed by atoms with Crippen molar-refractivity contribution in [2.45, 2.75) is 12.8 Å². The molecule has 2 aromatic rings. The molecule has 138 valence electrons. The Balaban J connectivity index is 1.94. The lowest BCUT2D eigenvalue weighted by Crippen LogP contribution is -2.43. The van der Waals surface area contributed by atoms with Gasteiger partial charge in [0.15, 0.2) is 0 Å². The van der Waals surface area contributed by atoms with Crippen molar-refractivity contribution in [3.8, 4) is 0 Å². The highest BCUT2D eigenvalue weighted by molar-refractivity contribution is 6.03. The maximum atomic E-state index is 13.6. The number of benzene rings is 2. The SMILES string of the molecule is C=CCNC(=O)[C@@H]1CC=CC[C@H]1C(=O)N(c1ccccc1)c1ccccc1. The minimum atomic E-state index is -0.403. The number of hydrogen-bond donors (Lipinski definition) is 1. The van der Waals surface area contributed by atoms with E-state index in [0.29, 0.717) is 19.4 Å². The predicted molar refractivity (Wildman–Crippen MR) is 109 cm³/mol. The molecule has 0 bridgehead atoms. The fourth-order valence-electron chi connectivity index (χ4n) is 3.40. The van der Waals surface area contributed by atoms with Crippen molar-refractivity contribution in [1.82, 2.24) is 5.32 Å². The number of carbonyl (C=O) groups excluding carboxylic acids is 2. The summed E-state index contributed by atoms with van der Waals surface area (Å²) in [5.41, 5.74) is 1.60. The van der Waals surface area contributed by atoms with Gasteiger partial charge in [0, 0.05) is 17.9 Å². The van der Waals surface area contributed by atoms with Crippen molar-refractivity contribution in [3.05, 3.63) is 85.5 Å². The third kappa shape index (κ3) is 4.34. The van der Waals surface area contributed by atoms with Gasteiger partial charge in [-0.1, -0.05) is 54.6 Å². The number of rotatable bonds is 6. The van der Waals surface area contributed by atoms with Crippen molar-refractivity contribution < 1.29 is 9.59 Å². The number of nitrogens with one attached hydrogen (secondary N) is 1. The standard InChI is InChI=1S/C23H24N2O2/c1-2-17-24-22(26)20-15-9-10-16-21(20)23(27)25(18-11-5-3-6-12-18)19-13-7-4-8-14-19/h2-14,20-21H,1,15-17H2,(H,24,26)/t20-,21-/m1/s1. The summed E-state index contributed by atoms with van der Waals surface area (Å²) in [5.74, 6) is -0.938. The van der Waals surface area contributed by atoms with Crippen molar-refractivity contribution in [1.29, 1.82) is 0 Å². The zero-order chi connectivity index (χ0) is 19.1. The van der Waals surface area contributed by atoms with E-state index in [1.165, 1.54) is 0 Å². The van der Waals surface area contributed by atoms with Crippen LogP contribution < -0.4 is 10.2 Å². The summed E-state index contributed by atoms with van der Waals surface area (Å²) in [7, 11) is 0. The Hall–Kier alpha value is -3.14. The molecule has 2 amide bonds. The molecule has 3 rings (SSSR count). The Morgan fingerprint density at radius 3 is 1.96 bits per heavy atom. The molecule has 2 atom stereocenters. The zero-order valence-corrected chi connectivity index (χ0v) is 15.3. The third-order valence-electron chi connectivity index (χ3n) is 4.76. The van der Waals surface area contributed by atoms with E-state index in [-0.39, 0.29) is 17.7 Å². The summed E-state index contributed by atoms with van der Waals surface area (Å²) in [5, 5.41) is 2.84. The molecule has 27 heavy (non-hydrogen) atoms. The molecule has 0 fully saturated rings. The van der Waals surface area contributed by atoms with Gasteiger partial charge in [-0.05, 0) is 37.1 Å². The van der Waals surface area contributed by atoms with Gasteiger partial charge >= 0.3 is 0 Å². The normalized spacial score (nSPS) is 18.5. The Morgan fingerprint density at radius 2 is 1.44 bits per heavy atom. The van der Waals surface area contributed by atoms with Gasteiger partial charge in [0.1, 0.15) is 0 Å². The fraction of sp³-hybridized carbons (Fsp3) is 0.217. The van der Waals surface area contributed by atoms with Crippen LogP contribution in [0.2, 0.25) is 0 Å². The number of allylic oxidation sites excluding steroid dienone is 2. The number of hydrogen-bond acceptors (Lipinski definition) is 2.